The van der Waals surface area contributed by atoms with Crippen molar-refractivity contribution in [1.29, 1.82) is 0 Å². The van der Waals surface area contributed by atoms with Gasteiger partial charge in [0.15, 0.2) is 0 Å². The van der Waals surface area contributed by atoms with Crippen molar-refractivity contribution >= 4 is 11.8 Å². The van der Waals surface area contributed by atoms with Crippen LogP contribution in [0.1, 0.15) is 32.1 Å². The second-order valence-electron chi connectivity index (χ2n) is 6.04. The van der Waals surface area contributed by atoms with E-state index in [9.17, 15) is 9.59 Å². The van der Waals surface area contributed by atoms with Crippen LogP contribution >= 0.6 is 0 Å². The molecule has 0 amide bonds. The largest absolute Gasteiger partial charge is 0.481 e. The molecule has 5 nitrogen and oxygen atoms in total. The van der Waals surface area contributed by atoms with Crippen LogP contribution in [0.25, 0.3) is 0 Å². The number of carbonyl (C=O) groups is 2. The number of nitrogens with one attached hydrogen (secondary N) is 1. The van der Waals surface area contributed by atoms with E-state index in [-0.39, 0.29) is 11.5 Å². The van der Waals surface area contributed by atoms with Crippen molar-refractivity contribution in [1.82, 2.24) is 10.2 Å². The average Bonchev–Trinajstić information content (AvgIpc) is 2.73. The predicted octanol–water partition coefficient (Wildman–Crippen LogP) is 0.247. The molecule has 1 spiro atoms. The lowest BCUT2D eigenvalue weighted by molar-refractivity contribution is -0.141. The minimum Gasteiger partial charge on any atom is -0.481 e. The maximum Gasteiger partial charge on any atom is 0.307 e. The molecule has 2 saturated heterocycles. The first-order valence-corrected chi connectivity index (χ1v) is 6.82. The highest BCUT2D eigenvalue weighted by molar-refractivity contribution is 5.79. The van der Waals surface area contributed by atoms with E-state index in [2.05, 4.69) is 10.2 Å². The molecule has 5 heteroatoms. The lowest BCUT2D eigenvalue weighted by atomic mass is 9.69. The SMILES string of the molecule is O=C1CCN(C2CC3(CC(C(=O)O)CN3)C2)CC1. The van der Waals surface area contributed by atoms with Crippen LogP contribution in [-0.4, -0.2) is 53.0 Å². The quantitative estimate of drug-likeness (QED) is 0.737. The molecule has 2 heterocycles. The van der Waals surface area contributed by atoms with E-state index in [1.165, 1.54) is 0 Å². The van der Waals surface area contributed by atoms with E-state index in [0.29, 0.717) is 31.2 Å². The summed E-state index contributed by atoms with van der Waals surface area (Å²) >= 11 is 0. The third kappa shape index (κ3) is 2.06. The predicted molar refractivity (Wildman–Crippen MR) is 65.3 cm³/mol. The summed E-state index contributed by atoms with van der Waals surface area (Å²) in [5.74, 6) is -0.509. The molecule has 1 atom stereocenters. The van der Waals surface area contributed by atoms with E-state index >= 15 is 0 Å². The summed E-state index contributed by atoms with van der Waals surface area (Å²) in [4.78, 5) is 24.6. The Hall–Kier alpha value is -0.940. The second kappa shape index (κ2) is 4.31. The third-order valence-electron chi connectivity index (χ3n) is 4.83. The zero-order valence-electron chi connectivity index (χ0n) is 10.5. The highest BCUT2D eigenvalue weighted by Crippen LogP contribution is 2.44. The van der Waals surface area contributed by atoms with Gasteiger partial charge in [0.25, 0.3) is 0 Å². The molecule has 100 valence electrons. The lowest BCUT2D eigenvalue weighted by Crippen LogP contribution is -2.60. The van der Waals surface area contributed by atoms with Crippen molar-refractivity contribution < 1.29 is 14.7 Å². The fourth-order valence-corrected chi connectivity index (χ4v) is 3.68. The Kier molecular flexibility index (Phi) is 2.90. The first-order valence-electron chi connectivity index (χ1n) is 6.82. The summed E-state index contributed by atoms with van der Waals surface area (Å²) in [7, 11) is 0. The van der Waals surface area contributed by atoms with Crippen molar-refractivity contribution in [3.63, 3.8) is 0 Å². The molecule has 18 heavy (non-hydrogen) atoms. The van der Waals surface area contributed by atoms with Crippen LogP contribution < -0.4 is 5.32 Å². The number of likely N-dealkylation sites (tertiary alicyclic amines) is 1. The van der Waals surface area contributed by atoms with Crippen molar-refractivity contribution in [2.45, 2.75) is 43.7 Å². The lowest BCUT2D eigenvalue weighted by Gasteiger charge is -2.51. The van der Waals surface area contributed by atoms with Gasteiger partial charge in [-0.1, -0.05) is 0 Å². The number of rotatable bonds is 2. The highest BCUT2D eigenvalue weighted by atomic mass is 16.4. The number of nitrogens with zero attached hydrogens (tertiary/aromatic N) is 1. The Morgan fingerprint density at radius 2 is 1.94 bits per heavy atom. The first kappa shape index (κ1) is 12.1. The van der Waals surface area contributed by atoms with Gasteiger partial charge in [0.05, 0.1) is 5.92 Å². The van der Waals surface area contributed by atoms with Crippen LogP contribution in [0.5, 0.6) is 0 Å². The number of aliphatic carboxylic acids is 1. The van der Waals surface area contributed by atoms with E-state index in [1.807, 2.05) is 0 Å². The van der Waals surface area contributed by atoms with Crippen LogP contribution in [-0.2, 0) is 9.59 Å². The standard InChI is InChI=1S/C13H20N2O3/c16-11-1-3-15(4-2-11)10-6-13(7-10)5-9(8-14-13)12(17)18/h9-10,14H,1-8H2,(H,17,18). The summed E-state index contributed by atoms with van der Waals surface area (Å²) in [6.45, 7) is 2.39. The van der Waals surface area contributed by atoms with Crippen LogP contribution in [0, 0.1) is 5.92 Å². The molecule has 0 aromatic rings. The maximum absolute atomic E-state index is 11.2. The molecular formula is C13H20N2O3. The van der Waals surface area contributed by atoms with E-state index in [0.717, 1.165) is 32.4 Å². The fourth-order valence-electron chi connectivity index (χ4n) is 3.68. The van der Waals surface area contributed by atoms with Gasteiger partial charge in [-0.05, 0) is 19.3 Å². The summed E-state index contributed by atoms with van der Waals surface area (Å²) in [6, 6.07) is 0.554. The van der Waals surface area contributed by atoms with Gasteiger partial charge < -0.3 is 10.4 Å². The number of carboxylic acid groups (broad SMARTS) is 1. The van der Waals surface area contributed by atoms with Crippen LogP contribution in [0.4, 0.5) is 0 Å². The fraction of sp³-hybridized carbons (Fsp3) is 0.846. The Balaban J connectivity index is 1.51. The molecule has 2 N–H and O–H groups in total. The number of hydrogen-bond donors (Lipinski definition) is 2. The first-order chi connectivity index (χ1) is 8.58. The molecule has 1 aliphatic carbocycles. The molecule has 1 saturated carbocycles. The topological polar surface area (TPSA) is 69.6 Å². The zero-order valence-corrected chi connectivity index (χ0v) is 10.5. The minimum absolute atomic E-state index is 0.0786. The van der Waals surface area contributed by atoms with Crippen molar-refractivity contribution in [3.05, 3.63) is 0 Å². The van der Waals surface area contributed by atoms with Gasteiger partial charge in [-0.25, -0.2) is 0 Å². The van der Waals surface area contributed by atoms with Crippen molar-refractivity contribution in [2.75, 3.05) is 19.6 Å². The monoisotopic (exact) mass is 252 g/mol. The summed E-state index contributed by atoms with van der Waals surface area (Å²) in [6.07, 6.45) is 4.24. The smallest absolute Gasteiger partial charge is 0.307 e. The zero-order chi connectivity index (χ0) is 12.8. The normalized spacial score (nSPS) is 41.0. The van der Waals surface area contributed by atoms with Crippen LogP contribution in [0.2, 0.25) is 0 Å². The Morgan fingerprint density at radius 1 is 1.28 bits per heavy atom. The van der Waals surface area contributed by atoms with Gasteiger partial charge in [0.2, 0.25) is 0 Å². The number of carbonyl (C=O) groups excluding carboxylic acids is 1. The average molecular weight is 252 g/mol. The maximum atomic E-state index is 11.2. The highest BCUT2D eigenvalue weighted by Gasteiger charge is 2.51. The van der Waals surface area contributed by atoms with Gasteiger partial charge in [0, 0.05) is 44.1 Å². The van der Waals surface area contributed by atoms with E-state index in [4.69, 9.17) is 5.11 Å². The Bertz CT molecular complexity index is 366. The summed E-state index contributed by atoms with van der Waals surface area (Å²) < 4.78 is 0. The number of ketones is 1. The minimum atomic E-state index is -0.675. The summed E-state index contributed by atoms with van der Waals surface area (Å²) in [5.41, 5.74) is 0.0786. The Morgan fingerprint density at radius 3 is 2.50 bits per heavy atom. The molecule has 0 bridgehead atoms. The number of Topliss-reactive ketones (excluding diaryl/α,β-unsaturated/α-hetero) is 1. The molecule has 0 aromatic carbocycles. The van der Waals surface area contributed by atoms with Crippen molar-refractivity contribution in [2.24, 2.45) is 5.92 Å². The van der Waals surface area contributed by atoms with Crippen LogP contribution in [0.3, 0.4) is 0 Å². The molecule has 3 aliphatic rings. The molecule has 2 aliphatic heterocycles. The molecule has 1 unspecified atom stereocenters. The molecular weight excluding hydrogens is 232 g/mol. The van der Waals surface area contributed by atoms with E-state index < -0.39 is 5.97 Å². The second-order valence-corrected chi connectivity index (χ2v) is 6.04. The molecule has 0 radical (unpaired) electrons. The third-order valence-corrected chi connectivity index (χ3v) is 4.83. The van der Waals surface area contributed by atoms with Gasteiger partial charge in [0.1, 0.15) is 5.78 Å². The van der Waals surface area contributed by atoms with E-state index in [1.54, 1.807) is 0 Å². The number of carboxylic acids is 1. The van der Waals surface area contributed by atoms with Gasteiger partial charge in [-0.15, -0.1) is 0 Å². The molecule has 3 fully saturated rings. The molecule has 0 aromatic heterocycles. The van der Waals surface area contributed by atoms with Gasteiger partial charge in [-0.2, -0.15) is 0 Å². The van der Waals surface area contributed by atoms with Gasteiger partial charge >= 0.3 is 5.97 Å². The van der Waals surface area contributed by atoms with Crippen molar-refractivity contribution in [3.8, 4) is 0 Å². The van der Waals surface area contributed by atoms with Gasteiger partial charge in [-0.3, -0.25) is 14.5 Å². The molecule has 3 rings (SSSR count). The Labute approximate surface area is 107 Å². The number of piperidine rings is 1. The summed E-state index contributed by atoms with van der Waals surface area (Å²) in [5, 5.41) is 12.4. The van der Waals surface area contributed by atoms with Crippen LogP contribution in [0.15, 0.2) is 0 Å². The number of hydrogen-bond acceptors (Lipinski definition) is 4.